The van der Waals surface area contributed by atoms with Crippen LogP contribution < -0.4 is 19.5 Å². The fourth-order valence-electron chi connectivity index (χ4n) is 2.45. The minimum absolute atomic E-state index is 0.0646. The molecule has 18 heavy (non-hydrogen) atoms. The molecule has 0 saturated carbocycles. The van der Waals surface area contributed by atoms with E-state index < -0.39 is 0 Å². The van der Waals surface area contributed by atoms with Gasteiger partial charge in [0.05, 0.1) is 21.3 Å². The van der Waals surface area contributed by atoms with Gasteiger partial charge in [-0.15, -0.1) is 0 Å². The van der Waals surface area contributed by atoms with Crippen molar-refractivity contribution >= 4 is 0 Å². The van der Waals surface area contributed by atoms with E-state index >= 15 is 0 Å². The molecule has 1 unspecified atom stereocenters. The summed E-state index contributed by atoms with van der Waals surface area (Å²) in [6, 6.07) is 3.82. The van der Waals surface area contributed by atoms with Gasteiger partial charge in [0.25, 0.3) is 0 Å². The van der Waals surface area contributed by atoms with Gasteiger partial charge in [-0.1, -0.05) is 0 Å². The third-order valence-corrected chi connectivity index (χ3v) is 3.73. The van der Waals surface area contributed by atoms with E-state index in [4.69, 9.17) is 14.2 Å². The minimum Gasteiger partial charge on any atom is -0.496 e. The number of hydrogen-bond acceptors (Lipinski definition) is 4. The Morgan fingerprint density at radius 2 is 1.61 bits per heavy atom. The predicted octanol–water partition coefficient (Wildman–Crippen LogP) is 2.18. The molecule has 0 bridgehead atoms. The average molecular weight is 251 g/mol. The molecular formula is C14H21NO3. The molecule has 4 heteroatoms. The smallest absolute Gasteiger partial charge is 0.129 e. The van der Waals surface area contributed by atoms with Crippen LogP contribution in [0.3, 0.4) is 0 Å². The molecule has 0 spiro atoms. The molecule has 1 N–H and O–H groups in total. The van der Waals surface area contributed by atoms with Crippen molar-refractivity contribution < 1.29 is 14.2 Å². The quantitative estimate of drug-likeness (QED) is 0.890. The number of rotatable bonds is 4. The van der Waals surface area contributed by atoms with Crippen LogP contribution in [0, 0.1) is 0 Å². The highest BCUT2D eigenvalue weighted by Crippen LogP contribution is 2.46. The van der Waals surface area contributed by atoms with E-state index in [1.807, 2.05) is 12.1 Å². The summed E-state index contributed by atoms with van der Waals surface area (Å²) in [6.07, 6.45) is 0. The summed E-state index contributed by atoms with van der Waals surface area (Å²) in [5.41, 5.74) is 1.18. The SMILES string of the molecule is COc1cc(OC)c(C2CNC2(C)C)c(OC)c1. The zero-order valence-electron chi connectivity index (χ0n) is 11.7. The second kappa shape index (κ2) is 4.69. The highest BCUT2D eigenvalue weighted by Gasteiger charge is 2.42. The van der Waals surface area contributed by atoms with E-state index in [1.165, 1.54) is 0 Å². The van der Waals surface area contributed by atoms with E-state index in [0.717, 1.165) is 29.4 Å². The lowest BCUT2D eigenvalue weighted by molar-refractivity contribution is 0.199. The van der Waals surface area contributed by atoms with Gasteiger partial charge >= 0.3 is 0 Å². The van der Waals surface area contributed by atoms with Crippen LogP contribution in [-0.4, -0.2) is 33.4 Å². The molecule has 1 heterocycles. The molecular weight excluding hydrogens is 230 g/mol. The molecule has 0 amide bonds. The monoisotopic (exact) mass is 251 g/mol. The zero-order valence-corrected chi connectivity index (χ0v) is 11.7. The first kappa shape index (κ1) is 13.0. The first-order valence-electron chi connectivity index (χ1n) is 6.08. The average Bonchev–Trinajstić information content (AvgIpc) is 2.37. The summed E-state index contributed by atoms with van der Waals surface area (Å²) >= 11 is 0. The molecule has 1 aromatic rings. The van der Waals surface area contributed by atoms with Gasteiger partial charge in [0.2, 0.25) is 0 Å². The van der Waals surface area contributed by atoms with Gasteiger partial charge in [-0.3, -0.25) is 0 Å². The topological polar surface area (TPSA) is 39.7 Å². The Morgan fingerprint density at radius 3 is 1.89 bits per heavy atom. The van der Waals surface area contributed by atoms with E-state index in [9.17, 15) is 0 Å². The number of nitrogens with one attached hydrogen (secondary N) is 1. The predicted molar refractivity (Wildman–Crippen MR) is 70.9 cm³/mol. The van der Waals surface area contributed by atoms with Crippen molar-refractivity contribution in [2.24, 2.45) is 0 Å². The van der Waals surface area contributed by atoms with Crippen LogP contribution in [0.4, 0.5) is 0 Å². The first-order chi connectivity index (χ1) is 8.53. The zero-order chi connectivity index (χ0) is 13.3. The van der Waals surface area contributed by atoms with Crippen LogP contribution in [-0.2, 0) is 0 Å². The summed E-state index contributed by atoms with van der Waals surface area (Å²) in [4.78, 5) is 0. The van der Waals surface area contributed by atoms with Crippen molar-refractivity contribution in [2.75, 3.05) is 27.9 Å². The van der Waals surface area contributed by atoms with E-state index in [2.05, 4.69) is 19.2 Å². The Bertz CT molecular complexity index is 418. The molecule has 2 rings (SSSR count). The van der Waals surface area contributed by atoms with E-state index in [0.29, 0.717) is 5.92 Å². The third-order valence-electron chi connectivity index (χ3n) is 3.73. The molecule has 0 aromatic heterocycles. The molecule has 0 radical (unpaired) electrons. The second-order valence-corrected chi connectivity index (χ2v) is 5.10. The van der Waals surface area contributed by atoms with Gasteiger partial charge in [-0.05, 0) is 13.8 Å². The number of ether oxygens (including phenoxy) is 3. The van der Waals surface area contributed by atoms with Crippen molar-refractivity contribution in [1.29, 1.82) is 0 Å². The van der Waals surface area contributed by atoms with Crippen molar-refractivity contribution in [3.8, 4) is 17.2 Å². The molecule has 4 nitrogen and oxygen atoms in total. The fraction of sp³-hybridized carbons (Fsp3) is 0.571. The standard InChI is InChI=1S/C14H21NO3/c1-14(2)10(8-15-14)13-11(17-4)6-9(16-3)7-12(13)18-5/h6-7,10,15H,8H2,1-5H3. The van der Waals surface area contributed by atoms with E-state index in [-0.39, 0.29) is 5.54 Å². The number of methoxy groups -OCH3 is 3. The van der Waals surface area contributed by atoms with Gasteiger partial charge in [0.15, 0.2) is 0 Å². The Kier molecular flexibility index (Phi) is 3.39. The summed E-state index contributed by atoms with van der Waals surface area (Å²) in [7, 11) is 5.00. The van der Waals surface area contributed by atoms with Crippen LogP contribution in [0.15, 0.2) is 12.1 Å². The molecule has 1 aliphatic rings. The normalized spacial score (nSPS) is 21.1. The maximum Gasteiger partial charge on any atom is 0.129 e. The summed E-state index contributed by atoms with van der Waals surface area (Å²) in [5, 5.41) is 3.42. The molecule has 100 valence electrons. The van der Waals surface area contributed by atoms with Gasteiger partial charge in [0.1, 0.15) is 17.2 Å². The van der Waals surface area contributed by atoms with Crippen LogP contribution in [0.5, 0.6) is 17.2 Å². The Morgan fingerprint density at radius 1 is 1.06 bits per heavy atom. The van der Waals surface area contributed by atoms with E-state index in [1.54, 1.807) is 21.3 Å². The first-order valence-corrected chi connectivity index (χ1v) is 6.08. The Balaban J connectivity index is 2.50. The lowest BCUT2D eigenvalue weighted by Gasteiger charge is -2.46. The summed E-state index contributed by atoms with van der Waals surface area (Å²) < 4.78 is 16.2. The molecule has 0 aliphatic carbocycles. The molecule has 1 saturated heterocycles. The highest BCUT2D eigenvalue weighted by molar-refractivity contribution is 5.54. The van der Waals surface area contributed by atoms with Gasteiger partial charge < -0.3 is 19.5 Å². The lowest BCUT2D eigenvalue weighted by atomic mass is 9.74. The van der Waals surface area contributed by atoms with Crippen molar-refractivity contribution in [3.63, 3.8) is 0 Å². The lowest BCUT2D eigenvalue weighted by Crippen LogP contribution is -2.59. The Labute approximate surface area is 108 Å². The van der Waals surface area contributed by atoms with Crippen molar-refractivity contribution in [2.45, 2.75) is 25.3 Å². The van der Waals surface area contributed by atoms with Gasteiger partial charge in [0, 0.05) is 35.7 Å². The number of hydrogen-bond donors (Lipinski definition) is 1. The highest BCUT2D eigenvalue weighted by atomic mass is 16.5. The van der Waals surface area contributed by atoms with Gasteiger partial charge in [-0.25, -0.2) is 0 Å². The molecule has 1 aliphatic heterocycles. The number of benzene rings is 1. The fourth-order valence-corrected chi connectivity index (χ4v) is 2.45. The van der Waals surface area contributed by atoms with Crippen LogP contribution >= 0.6 is 0 Å². The van der Waals surface area contributed by atoms with Gasteiger partial charge in [-0.2, -0.15) is 0 Å². The summed E-state index contributed by atoms with van der Waals surface area (Å²) in [6.45, 7) is 5.31. The summed E-state index contributed by atoms with van der Waals surface area (Å²) in [5.74, 6) is 2.78. The van der Waals surface area contributed by atoms with Crippen molar-refractivity contribution in [3.05, 3.63) is 17.7 Å². The second-order valence-electron chi connectivity index (χ2n) is 5.10. The van der Waals surface area contributed by atoms with Crippen LogP contribution in [0.2, 0.25) is 0 Å². The third kappa shape index (κ3) is 2.01. The minimum atomic E-state index is 0.0646. The molecule has 1 fully saturated rings. The Hall–Kier alpha value is -1.42. The largest absolute Gasteiger partial charge is 0.496 e. The maximum atomic E-state index is 5.49. The van der Waals surface area contributed by atoms with Crippen LogP contribution in [0.25, 0.3) is 0 Å². The maximum absolute atomic E-state index is 5.49. The van der Waals surface area contributed by atoms with Crippen LogP contribution in [0.1, 0.15) is 25.3 Å². The molecule has 1 atom stereocenters. The van der Waals surface area contributed by atoms with Crippen molar-refractivity contribution in [1.82, 2.24) is 5.32 Å². The molecule has 1 aromatic carbocycles.